The molecule has 4 heterocycles. The molecule has 2 amide bonds. The Morgan fingerprint density at radius 3 is 1.62 bits per heavy atom. The number of urea groups is 1. The van der Waals surface area contributed by atoms with Crippen LogP contribution in [0.15, 0.2) is 23.2 Å². The van der Waals surface area contributed by atoms with Gasteiger partial charge in [-0.3, -0.25) is 0 Å². The highest BCUT2D eigenvalue weighted by Gasteiger charge is 2.29. The summed E-state index contributed by atoms with van der Waals surface area (Å²) in [6.45, 7) is 3.27. The third-order valence-corrected chi connectivity index (χ3v) is 6.46. The molecule has 2 fully saturated rings. The molecular formula is C17H24N6OS2. The average Bonchev–Trinajstić information content (AvgIpc) is 3.37. The van der Waals surface area contributed by atoms with Gasteiger partial charge in [-0.1, -0.05) is 0 Å². The number of nitrogens with one attached hydrogen (secondary N) is 2. The molecule has 2 aromatic rings. The van der Waals surface area contributed by atoms with Crippen LogP contribution in [0.25, 0.3) is 0 Å². The summed E-state index contributed by atoms with van der Waals surface area (Å²) in [5, 5.41) is 12.9. The number of carbonyl (C=O) groups is 1. The van der Waals surface area contributed by atoms with E-state index in [1.807, 2.05) is 33.0 Å². The van der Waals surface area contributed by atoms with Crippen molar-refractivity contribution in [2.45, 2.75) is 37.8 Å². The largest absolute Gasteiger partial charge is 0.359 e. The number of amides is 2. The van der Waals surface area contributed by atoms with E-state index in [0.29, 0.717) is 12.1 Å². The number of nitrogens with zero attached hydrogens (tertiary/aromatic N) is 4. The summed E-state index contributed by atoms with van der Waals surface area (Å²) in [5.41, 5.74) is 0. The summed E-state index contributed by atoms with van der Waals surface area (Å²) in [5.74, 6) is 0. The highest BCUT2D eigenvalue weighted by molar-refractivity contribution is 7.13. The maximum Gasteiger partial charge on any atom is 0.320 e. The predicted octanol–water partition coefficient (Wildman–Crippen LogP) is 3.17. The number of aromatic nitrogens is 2. The van der Waals surface area contributed by atoms with Crippen molar-refractivity contribution in [2.24, 2.45) is 0 Å². The maximum absolute atomic E-state index is 12.8. The smallest absolute Gasteiger partial charge is 0.320 e. The molecule has 2 aliphatic heterocycles. The SMILES string of the molecule is O=C(N1CCC(Nc2nccs2)CC1)N1CCC(Nc2nccs2)CC1. The van der Waals surface area contributed by atoms with E-state index in [1.165, 1.54) is 0 Å². The third-order valence-electron chi connectivity index (χ3n) is 5.05. The molecule has 2 saturated heterocycles. The van der Waals surface area contributed by atoms with Gasteiger partial charge < -0.3 is 20.4 Å². The Morgan fingerprint density at radius 2 is 1.27 bits per heavy atom. The van der Waals surface area contributed by atoms with Crippen LogP contribution in [-0.4, -0.2) is 64.1 Å². The zero-order valence-corrected chi connectivity index (χ0v) is 16.3. The van der Waals surface area contributed by atoms with E-state index in [9.17, 15) is 4.79 Å². The van der Waals surface area contributed by atoms with Gasteiger partial charge in [0.05, 0.1) is 0 Å². The first-order valence-corrected chi connectivity index (χ1v) is 10.9. The lowest BCUT2D eigenvalue weighted by Gasteiger charge is -2.38. The van der Waals surface area contributed by atoms with Gasteiger partial charge in [-0.15, -0.1) is 22.7 Å². The second kappa shape index (κ2) is 8.22. The highest BCUT2D eigenvalue weighted by Crippen LogP contribution is 2.22. The predicted molar refractivity (Wildman–Crippen MR) is 106 cm³/mol. The number of hydrogen-bond donors (Lipinski definition) is 2. The lowest BCUT2D eigenvalue weighted by Crippen LogP contribution is -2.51. The molecule has 0 spiro atoms. The van der Waals surface area contributed by atoms with E-state index < -0.39 is 0 Å². The van der Waals surface area contributed by atoms with Gasteiger partial charge in [-0.2, -0.15) is 0 Å². The summed E-state index contributed by atoms with van der Waals surface area (Å²) in [4.78, 5) is 25.4. The van der Waals surface area contributed by atoms with Gasteiger partial charge in [-0.05, 0) is 25.7 Å². The van der Waals surface area contributed by atoms with E-state index >= 15 is 0 Å². The van der Waals surface area contributed by atoms with Crippen LogP contribution in [-0.2, 0) is 0 Å². The number of carbonyl (C=O) groups excluding carboxylic acids is 1. The maximum atomic E-state index is 12.8. The lowest BCUT2D eigenvalue weighted by molar-refractivity contribution is 0.131. The molecule has 2 aliphatic rings. The Bertz CT molecular complexity index is 618. The summed E-state index contributed by atoms with van der Waals surface area (Å²) in [6.07, 6.45) is 7.55. The minimum absolute atomic E-state index is 0.199. The Labute approximate surface area is 161 Å². The van der Waals surface area contributed by atoms with Crippen LogP contribution in [0.2, 0.25) is 0 Å². The molecule has 0 aliphatic carbocycles. The molecule has 0 radical (unpaired) electrons. The molecule has 7 nitrogen and oxygen atoms in total. The standard InChI is InChI=1S/C17H24N6OS2/c24-17(22-7-1-13(2-8-22)20-15-18-5-11-25-15)23-9-3-14(4-10-23)21-16-19-6-12-26-16/h5-6,11-14H,1-4,7-10H2,(H,18,20)(H,19,21). The van der Waals surface area contributed by atoms with Crippen LogP contribution in [0.3, 0.4) is 0 Å². The highest BCUT2D eigenvalue weighted by atomic mass is 32.1. The second-order valence-corrected chi connectivity index (χ2v) is 8.56. The van der Waals surface area contributed by atoms with Gasteiger partial charge in [-0.25, -0.2) is 14.8 Å². The Hall–Kier alpha value is -1.87. The zero-order chi connectivity index (χ0) is 17.8. The summed E-state index contributed by atoms with van der Waals surface area (Å²) < 4.78 is 0. The van der Waals surface area contributed by atoms with Crippen molar-refractivity contribution in [3.05, 3.63) is 23.2 Å². The fraction of sp³-hybridized carbons (Fsp3) is 0.588. The zero-order valence-electron chi connectivity index (χ0n) is 14.6. The third kappa shape index (κ3) is 4.27. The molecule has 0 bridgehead atoms. The van der Waals surface area contributed by atoms with Gasteiger partial charge in [0.15, 0.2) is 10.3 Å². The molecule has 140 valence electrons. The van der Waals surface area contributed by atoms with Crippen molar-refractivity contribution in [3.63, 3.8) is 0 Å². The first-order valence-electron chi connectivity index (χ1n) is 9.14. The molecule has 2 N–H and O–H groups in total. The number of hydrogen-bond acceptors (Lipinski definition) is 7. The van der Waals surface area contributed by atoms with Crippen LogP contribution in [0.1, 0.15) is 25.7 Å². The Morgan fingerprint density at radius 1 is 0.846 bits per heavy atom. The van der Waals surface area contributed by atoms with Crippen LogP contribution in [0.5, 0.6) is 0 Å². The molecule has 0 aromatic carbocycles. The van der Waals surface area contributed by atoms with Crippen molar-refractivity contribution in [1.82, 2.24) is 19.8 Å². The molecule has 0 unspecified atom stereocenters. The van der Waals surface area contributed by atoms with Gasteiger partial charge in [0, 0.05) is 61.4 Å². The van der Waals surface area contributed by atoms with E-state index in [4.69, 9.17) is 0 Å². The number of likely N-dealkylation sites (tertiary alicyclic amines) is 2. The van der Waals surface area contributed by atoms with Gasteiger partial charge in [0.2, 0.25) is 0 Å². The van der Waals surface area contributed by atoms with E-state index in [1.54, 1.807) is 22.7 Å². The van der Waals surface area contributed by atoms with Crippen molar-refractivity contribution >= 4 is 39.0 Å². The minimum atomic E-state index is 0.199. The molecule has 0 atom stereocenters. The van der Waals surface area contributed by atoms with Crippen molar-refractivity contribution in [1.29, 1.82) is 0 Å². The summed E-state index contributed by atoms with van der Waals surface area (Å²) in [7, 11) is 0. The van der Waals surface area contributed by atoms with Crippen LogP contribution in [0, 0.1) is 0 Å². The molecule has 4 rings (SSSR count). The quantitative estimate of drug-likeness (QED) is 0.836. The minimum Gasteiger partial charge on any atom is -0.359 e. The Kier molecular flexibility index (Phi) is 5.54. The number of anilines is 2. The topological polar surface area (TPSA) is 73.4 Å². The van der Waals surface area contributed by atoms with Crippen molar-refractivity contribution in [2.75, 3.05) is 36.8 Å². The van der Waals surface area contributed by atoms with Gasteiger partial charge in [0.25, 0.3) is 0 Å². The van der Waals surface area contributed by atoms with Crippen molar-refractivity contribution < 1.29 is 4.79 Å². The second-order valence-electron chi connectivity index (χ2n) is 6.77. The summed E-state index contributed by atoms with van der Waals surface area (Å²) in [6, 6.07) is 1.03. The molecule has 26 heavy (non-hydrogen) atoms. The molecule has 0 saturated carbocycles. The Balaban J connectivity index is 1.20. The first kappa shape index (κ1) is 17.5. The van der Waals surface area contributed by atoms with Crippen LogP contribution < -0.4 is 10.6 Å². The van der Waals surface area contributed by atoms with E-state index in [-0.39, 0.29) is 6.03 Å². The number of thiazole rings is 2. The van der Waals surface area contributed by atoms with Crippen LogP contribution in [0.4, 0.5) is 15.1 Å². The fourth-order valence-electron chi connectivity index (χ4n) is 3.57. The normalized spacial score (nSPS) is 19.5. The number of rotatable bonds is 4. The van der Waals surface area contributed by atoms with Crippen LogP contribution >= 0.6 is 22.7 Å². The monoisotopic (exact) mass is 392 g/mol. The van der Waals surface area contributed by atoms with Crippen molar-refractivity contribution in [3.8, 4) is 0 Å². The number of piperidine rings is 2. The van der Waals surface area contributed by atoms with E-state index in [2.05, 4.69) is 20.6 Å². The van der Waals surface area contributed by atoms with Gasteiger partial charge >= 0.3 is 6.03 Å². The molecular weight excluding hydrogens is 368 g/mol. The fourth-order valence-corrected chi connectivity index (χ4v) is 4.78. The van der Waals surface area contributed by atoms with Gasteiger partial charge in [0.1, 0.15) is 0 Å². The molecule has 2 aromatic heterocycles. The lowest BCUT2D eigenvalue weighted by atomic mass is 10.0. The average molecular weight is 393 g/mol. The van der Waals surface area contributed by atoms with E-state index in [0.717, 1.165) is 62.1 Å². The summed E-state index contributed by atoms with van der Waals surface area (Å²) >= 11 is 3.25. The first-order chi connectivity index (χ1) is 12.8. The molecule has 9 heteroatoms.